The molecule has 0 fully saturated rings. The maximum Gasteiger partial charge on any atom is 0.226 e. The fourth-order valence-corrected chi connectivity index (χ4v) is 2.70. The van der Waals surface area contributed by atoms with Crippen molar-refractivity contribution < 1.29 is 4.79 Å². The van der Waals surface area contributed by atoms with Gasteiger partial charge in [0.1, 0.15) is 0 Å². The number of aromatic nitrogens is 1. The van der Waals surface area contributed by atoms with Gasteiger partial charge >= 0.3 is 0 Å². The minimum atomic E-state index is 0.0649. The number of unbranched alkanes of at least 4 members (excludes halogenated alkanes) is 3. The third kappa shape index (κ3) is 4.46. The van der Waals surface area contributed by atoms with Crippen LogP contribution in [-0.2, 0) is 4.79 Å². The molecule has 1 heterocycles. The molecule has 0 radical (unpaired) electrons. The van der Waals surface area contributed by atoms with Crippen LogP contribution in [0, 0.1) is 0 Å². The first kappa shape index (κ1) is 14.7. The molecule has 1 aromatic heterocycles. The van der Waals surface area contributed by atoms with Gasteiger partial charge in [-0.05, 0) is 6.42 Å². The number of carbonyl (C=O) groups is 1. The minimum Gasteiger partial charge on any atom is -0.302 e. The molecular weight excluding hydrogens is 268 g/mol. The molecule has 0 saturated carbocycles. The molecule has 0 saturated heterocycles. The van der Waals surface area contributed by atoms with E-state index in [1.807, 2.05) is 35.7 Å². The van der Waals surface area contributed by atoms with Crippen molar-refractivity contribution in [1.29, 1.82) is 0 Å². The van der Waals surface area contributed by atoms with Crippen molar-refractivity contribution in [2.45, 2.75) is 39.0 Å². The number of benzene rings is 1. The van der Waals surface area contributed by atoms with E-state index in [2.05, 4.69) is 17.2 Å². The molecule has 2 aromatic rings. The number of hydrogen-bond acceptors (Lipinski definition) is 3. The first-order chi connectivity index (χ1) is 9.79. The SMILES string of the molecule is CCCCCCC(=O)Nc1nc(-c2ccccc2)cs1. The van der Waals surface area contributed by atoms with Crippen LogP contribution in [0.4, 0.5) is 5.13 Å². The highest BCUT2D eigenvalue weighted by molar-refractivity contribution is 7.14. The zero-order valence-corrected chi connectivity index (χ0v) is 12.6. The van der Waals surface area contributed by atoms with Crippen LogP contribution in [0.3, 0.4) is 0 Å². The molecule has 0 spiro atoms. The number of amides is 1. The molecule has 20 heavy (non-hydrogen) atoms. The van der Waals surface area contributed by atoms with Crippen molar-refractivity contribution >= 4 is 22.4 Å². The summed E-state index contributed by atoms with van der Waals surface area (Å²) < 4.78 is 0. The van der Waals surface area contributed by atoms with Crippen LogP contribution < -0.4 is 5.32 Å². The van der Waals surface area contributed by atoms with Gasteiger partial charge in [0, 0.05) is 17.4 Å². The second-order valence-corrected chi connectivity index (χ2v) is 5.62. The predicted molar refractivity (Wildman–Crippen MR) is 84.9 cm³/mol. The number of thiazole rings is 1. The van der Waals surface area contributed by atoms with E-state index in [0.29, 0.717) is 11.6 Å². The van der Waals surface area contributed by atoms with Crippen molar-refractivity contribution in [3.8, 4) is 11.3 Å². The summed E-state index contributed by atoms with van der Waals surface area (Å²) in [5, 5.41) is 5.54. The zero-order chi connectivity index (χ0) is 14.2. The number of nitrogens with zero attached hydrogens (tertiary/aromatic N) is 1. The summed E-state index contributed by atoms with van der Waals surface area (Å²) in [6.07, 6.45) is 5.05. The van der Waals surface area contributed by atoms with Gasteiger partial charge in [-0.25, -0.2) is 4.98 Å². The average molecular weight is 288 g/mol. The van der Waals surface area contributed by atoms with Crippen LogP contribution in [0.2, 0.25) is 0 Å². The maximum absolute atomic E-state index is 11.8. The lowest BCUT2D eigenvalue weighted by atomic mass is 10.1. The van der Waals surface area contributed by atoms with Gasteiger partial charge in [0.2, 0.25) is 5.91 Å². The van der Waals surface area contributed by atoms with Gasteiger partial charge in [-0.15, -0.1) is 11.3 Å². The molecule has 0 aliphatic heterocycles. The van der Waals surface area contributed by atoms with E-state index >= 15 is 0 Å². The lowest BCUT2D eigenvalue weighted by Crippen LogP contribution is -2.10. The first-order valence-corrected chi connectivity index (χ1v) is 7.98. The van der Waals surface area contributed by atoms with Crippen molar-refractivity contribution in [2.24, 2.45) is 0 Å². The maximum atomic E-state index is 11.8. The summed E-state index contributed by atoms with van der Waals surface area (Å²) >= 11 is 1.47. The lowest BCUT2D eigenvalue weighted by Gasteiger charge is -2.01. The monoisotopic (exact) mass is 288 g/mol. The Hall–Kier alpha value is -1.68. The van der Waals surface area contributed by atoms with E-state index in [1.165, 1.54) is 24.2 Å². The van der Waals surface area contributed by atoms with Crippen LogP contribution in [0.5, 0.6) is 0 Å². The Balaban J connectivity index is 1.85. The highest BCUT2D eigenvalue weighted by atomic mass is 32.1. The largest absolute Gasteiger partial charge is 0.302 e. The molecular formula is C16H20N2OS. The molecule has 0 atom stereocenters. The Labute approximate surface area is 124 Å². The molecule has 106 valence electrons. The van der Waals surface area contributed by atoms with Crippen molar-refractivity contribution in [2.75, 3.05) is 5.32 Å². The standard InChI is InChI=1S/C16H20N2OS/c1-2-3-4-8-11-15(19)18-16-17-14(12-20-16)13-9-6-5-7-10-13/h5-7,9-10,12H,2-4,8,11H2,1H3,(H,17,18,19). The molecule has 0 unspecified atom stereocenters. The lowest BCUT2D eigenvalue weighted by molar-refractivity contribution is -0.116. The summed E-state index contributed by atoms with van der Waals surface area (Å²) in [7, 11) is 0. The van der Waals surface area contributed by atoms with E-state index < -0.39 is 0 Å². The van der Waals surface area contributed by atoms with Gasteiger partial charge in [0.25, 0.3) is 0 Å². The van der Waals surface area contributed by atoms with Gasteiger partial charge in [-0.3, -0.25) is 4.79 Å². The van der Waals surface area contributed by atoms with Crippen molar-refractivity contribution in [1.82, 2.24) is 4.98 Å². The molecule has 2 rings (SSSR count). The Morgan fingerprint density at radius 1 is 1.20 bits per heavy atom. The van der Waals surface area contributed by atoms with Crippen LogP contribution >= 0.6 is 11.3 Å². The molecule has 4 heteroatoms. The van der Waals surface area contributed by atoms with Crippen molar-refractivity contribution in [3.63, 3.8) is 0 Å². The van der Waals surface area contributed by atoms with Crippen LogP contribution in [0.1, 0.15) is 39.0 Å². The third-order valence-corrected chi connectivity index (χ3v) is 3.84. The van der Waals surface area contributed by atoms with Crippen LogP contribution in [-0.4, -0.2) is 10.9 Å². The second-order valence-electron chi connectivity index (χ2n) is 4.76. The van der Waals surface area contributed by atoms with Gasteiger partial charge < -0.3 is 5.32 Å². The second kappa shape index (κ2) is 7.80. The predicted octanol–water partition coefficient (Wildman–Crippen LogP) is 4.72. The number of anilines is 1. The fourth-order valence-electron chi connectivity index (χ4n) is 1.97. The normalized spacial score (nSPS) is 10.4. The average Bonchev–Trinajstić information content (AvgIpc) is 2.93. The van der Waals surface area contributed by atoms with Crippen molar-refractivity contribution in [3.05, 3.63) is 35.7 Å². The molecule has 1 aromatic carbocycles. The highest BCUT2D eigenvalue weighted by Crippen LogP contribution is 2.24. The van der Waals surface area contributed by atoms with E-state index in [-0.39, 0.29) is 5.91 Å². The van der Waals surface area contributed by atoms with E-state index in [4.69, 9.17) is 0 Å². The van der Waals surface area contributed by atoms with Gasteiger partial charge in [-0.2, -0.15) is 0 Å². The van der Waals surface area contributed by atoms with E-state index in [0.717, 1.165) is 24.1 Å². The quantitative estimate of drug-likeness (QED) is 0.749. The topological polar surface area (TPSA) is 42.0 Å². The molecule has 1 amide bonds. The minimum absolute atomic E-state index is 0.0649. The summed E-state index contributed by atoms with van der Waals surface area (Å²) in [6.45, 7) is 2.17. The summed E-state index contributed by atoms with van der Waals surface area (Å²) in [6, 6.07) is 9.99. The van der Waals surface area contributed by atoms with Gasteiger partial charge in [0.05, 0.1) is 5.69 Å². The Morgan fingerprint density at radius 2 is 2.00 bits per heavy atom. The summed E-state index contributed by atoms with van der Waals surface area (Å²) in [5.41, 5.74) is 1.99. The molecule has 1 N–H and O–H groups in total. The molecule has 0 bridgehead atoms. The summed E-state index contributed by atoms with van der Waals surface area (Å²) in [4.78, 5) is 16.2. The number of carbonyl (C=O) groups excluding carboxylic acids is 1. The smallest absolute Gasteiger partial charge is 0.226 e. The fraction of sp³-hybridized carbons (Fsp3) is 0.375. The van der Waals surface area contributed by atoms with Crippen LogP contribution in [0.25, 0.3) is 11.3 Å². The number of nitrogens with one attached hydrogen (secondary N) is 1. The van der Waals surface area contributed by atoms with Crippen LogP contribution in [0.15, 0.2) is 35.7 Å². The number of hydrogen-bond donors (Lipinski definition) is 1. The van der Waals surface area contributed by atoms with E-state index in [9.17, 15) is 4.79 Å². The highest BCUT2D eigenvalue weighted by Gasteiger charge is 2.07. The Morgan fingerprint density at radius 3 is 2.75 bits per heavy atom. The Kier molecular flexibility index (Phi) is 5.74. The molecule has 3 nitrogen and oxygen atoms in total. The number of rotatable bonds is 7. The molecule has 0 aliphatic rings. The van der Waals surface area contributed by atoms with Gasteiger partial charge in [0.15, 0.2) is 5.13 Å². The Bertz CT molecular complexity index is 536. The summed E-state index contributed by atoms with van der Waals surface area (Å²) in [5.74, 6) is 0.0649. The first-order valence-electron chi connectivity index (χ1n) is 7.10. The molecule has 0 aliphatic carbocycles. The zero-order valence-electron chi connectivity index (χ0n) is 11.8. The third-order valence-electron chi connectivity index (χ3n) is 3.08. The van der Waals surface area contributed by atoms with E-state index in [1.54, 1.807) is 0 Å². The van der Waals surface area contributed by atoms with Gasteiger partial charge in [-0.1, -0.05) is 56.5 Å².